The number of aromatic nitrogens is 1. The Balaban J connectivity index is 2.68. The van der Waals surface area contributed by atoms with E-state index in [0.29, 0.717) is 0 Å². The highest BCUT2D eigenvalue weighted by atomic mass is 32.1. The first-order valence-electron chi connectivity index (χ1n) is 4.28. The molecule has 0 spiro atoms. The van der Waals surface area contributed by atoms with E-state index in [1.54, 1.807) is 5.32 Å². The number of amides is 1. The number of rotatable bonds is 4. The lowest BCUT2D eigenvalue weighted by molar-refractivity contribution is -0.157. The van der Waals surface area contributed by atoms with E-state index in [2.05, 4.69) is 4.98 Å². The summed E-state index contributed by atoms with van der Waals surface area (Å²) in [5, 5.41) is 11.6. The molecule has 0 aliphatic rings. The van der Waals surface area contributed by atoms with Crippen molar-refractivity contribution >= 4 is 23.2 Å². The van der Waals surface area contributed by atoms with Crippen molar-refractivity contribution in [2.45, 2.75) is 18.6 Å². The first-order chi connectivity index (χ1) is 7.79. The van der Waals surface area contributed by atoms with Gasteiger partial charge in [-0.15, -0.1) is 11.3 Å². The normalized spacial score (nSPS) is 13.1. The van der Waals surface area contributed by atoms with Crippen molar-refractivity contribution in [3.8, 4) is 0 Å². The van der Waals surface area contributed by atoms with E-state index in [1.807, 2.05) is 0 Å². The Kier molecular flexibility index (Phi) is 4.05. The number of carbonyl (C=O) groups is 2. The molecule has 0 aromatic carbocycles. The Hall–Kier alpha value is -1.64. The van der Waals surface area contributed by atoms with Crippen LogP contribution in [0.1, 0.15) is 16.9 Å². The highest BCUT2D eigenvalue weighted by Crippen LogP contribution is 2.21. The molecule has 0 aliphatic carbocycles. The number of aliphatic carboxylic acids is 1. The number of nitrogens with zero attached hydrogens (tertiary/aromatic N) is 1. The molecule has 1 aromatic heterocycles. The average Bonchev–Trinajstić information content (AvgIpc) is 2.66. The molecule has 1 atom stereocenters. The number of hydrogen-bond acceptors (Lipinski definition) is 4. The smallest absolute Gasteiger partial charge is 0.391 e. The highest BCUT2D eigenvalue weighted by molar-refractivity contribution is 7.07. The van der Waals surface area contributed by atoms with Gasteiger partial charge in [0.1, 0.15) is 11.7 Å². The van der Waals surface area contributed by atoms with Gasteiger partial charge in [0.15, 0.2) is 0 Å². The molecular weight excluding hydrogens is 261 g/mol. The minimum absolute atomic E-state index is 0.108. The zero-order valence-electron chi connectivity index (χ0n) is 8.19. The van der Waals surface area contributed by atoms with Gasteiger partial charge in [-0.3, -0.25) is 4.79 Å². The average molecular weight is 268 g/mol. The SMILES string of the molecule is O=C(NC(CC(F)(F)F)C(=O)O)c1cscn1. The standard InChI is InChI=1S/C8H7F3N2O3S/c9-8(10,11)1-4(7(15)16)13-6(14)5-2-17-3-12-5/h2-4H,1H2,(H,13,14)(H,15,16). The lowest BCUT2D eigenvalue weighted by Gasteiger charge is -2.15. The predicted molar refractivity (Wildman–Crippen MR) is 51.7 cm³/mol. The fraction of sp³-hybridized carbons (Fsp3) is 0.375. The summed E-state index contributed by atoms with van der Waals surface area (Å²) >= 11 is 1.07. The molecule has 1 unspecified atom stereocenters. The lowest BCUT2D eigenvalue weighted by atomic mass is 10.2. The topological polar surface area (TPSA) is 79.3 Å². The Bertz CT molecular complexity index is 405. The summed E-state index contributed by atoms with van der Waals surface area (Å²) in [5.41, 5.74) is 1.21. The van der Waals surface area contributed by atoms with Crippen LogP contribution in [0.15, 0.2) is 10.9 Å². The second kappa shape index (κ2) is 5.13. The maximum Gasteiger partial charge on any atom is 0.391 e. The van der Waals surface area contributed by atoms with Crippen LogP contribution in [0.5, 0.6) is 0 Å². The maximum absolute atomic E-state index is 12.0. The summed E-state index contributed by atoms with van der Waals surface area (Å²) in [6.45, 7) is 0. The van der Waals surface area contributed by atoms with E-state index in [0.717, 1.165) is 11.3 Å². The molecule has 1 aromatic rings. The van der Waals surface area contributed by atoms with Crippen LogP contribution in [0.3, 0.4) is 0 Å². The van der Waals surface area contributed by atoms with Crippen LogP contribution in [0, 0.1) is 0 Å². The molecule has 9 heteroatoms. The molecule has 0 fully saturated rings. The number of halogens is 3. The number of carbonyl (C=O) groups excluding carboxylic acids is 1. The predicted octanol–water partition coefficient (Wildman–Crippen LogP) is 1.28. The van der Waals surface area contributed by atoms with Gasteiger partial charge in [-0.2, -0.15) is 13.2 Å². The van der Waals surface area contributed by atoms with E-state index < -0.39 is 30.5 Å². The van der Waals surface area contributed by atoms with Gasteiger partial charge in [-0.05, 0) is 0 Å². The maximum atomic E-state index is 12.0. The Morgan fingerprint density at radius 1 is 1.53 bits per heavy atom. The van der Waals surface area contributed by atoms with Crippen molar-refractivity contribution in [2.24, 2.45) is 0 Å². The fourth-order valence-corrected chi connectivity index (χ4v) is 1.52. The minimum Gasteiger partial charge on any atom is -0.480 e. The van der Waals surface area contributed by atoms with Crippen LogP contribution in [-0.4, -0.2) is 34.2 Å². The molecule has 17 heavy (non-hydrogen) atoms. The van der Waals surface area contributed by atoms with Crippen LogP contribution >= 0.6 is 11.3 Å². The Morgan fingerprint density at radius 2 is 2.18 bits per heavy atom. The molecule has 5 nitrogen and oxygen atoms in total. The fourth-order valence-electron chi connectivity index (χ4n) is 0.988. The molecule has 0 radical (unpaired) electrons. The van der Waals surface area contributed by atoms with Crippen LogP contribution in [0.2, 0.25) is 0 Å². The van der Waals surface area contributed by atoms with Gasteiger partial charge >= 0.3 is 12.1 Å². The molecule has 0 aliphatic heterocycles. The van der Waals surface area contributed by atoms with E-state index in [4.69, 9.17) is 5.11 Å². The Morgan fingerprint density at radius 3 is 2.59 bits per heavy atom. The van der Waals surface area contributed by atoms with Crippen molar-refractivity contribution in [3.63, 3.8) is 0 Å². The number of hydrogen-bond donors (Lipinski definition) is 2. The minimum atomic E-state index is -4.67. The van der Waals surface area contributed by atoms with Crippen LogP contribution < -0.4 is 5.32 Å². The van der Waals surface area contributed by atoms with Crippen LogP contribution in [-0.2, 0) is 4.79 Å². The van der Waals surface area contributed by atoms with Crippen molar-refractivity contribution in [1.82, 2.24) is 10.3 Å². The number of carboxylic acids is 1. The van der Waals surface area contributed by atoms with E-state index in [-0.39, 0.29) is 5.69 Å². The van der Waals surface area contributed by atoms with E-state index >= 15 is 0 Å². The summed E-state index contributed by atoms with van der Waals surface area (Å²) in [7, 11) is 0. The third-order valence-corrected chi connectivity index (χ3v) is 2.29. The summed E-state index contributed by atoms with van der Waals surface area (Å²) in [6, 6.07) is -2.01. The monoisotopic (exact) mass is 268 g/mol. The molecule has 94 valence electrons. The molecule has 1 rings (SSSR count). The molecule has 0 bridgehead atoms. The zero-order valence-corrected chi connectivity index (χ0v) is 9.01. The quantitative estimate of drug-likeness (QED) is 0.862. The number of carboxylic acid groups (broad SMARTS) is 1. The number of nitrogens with one attached hydrogen (secondary N) is 1. The van der Waals surface area contributed by atoms with Gasteiger partial charge in [-0.1, -0.05) is 0 Å². The first kappa shape index (κ1) is 13.4. The van der Waals surface area contributed by atoms with E-state index in [1.165, 1.54) is 10.9 Å². The molecule has 1 heterocycles. The molecule has 1 amide bonds. The van der Waals surface area contributed by atoms with Crippen molar-refractivity contribution in [3.05, 3.63) is 16.6 Å². The van der Waals surface area contributed by atoms with Crippen molar-refractivity contribution in [2.75, 3.05) is 0 Å². The van der Waals surface area contributed by atoms with Crippen molar-refractivity contribution < 1.29 is 27.9 Å². The zero-order chi connectivity index (χ0) is 13.1. The largest absolute Gasteiger partial charge is 0.480 e. The highest BCUT2D eigenvalue weighted by Gasteiger charge is 2.36. The summed E-state index contributed by atoms with van der Waals surface area (Å²) < 4.78 is 36.1. The van der Waals surface area contributed by atoms with Gasteiger partial charge < -0.3 is 10.4 Å². The van der Waals surface area contributed by atoms with Crippen LogP contribution in [0.4, 0.5) is 13.2 Å². The van der Waals surface area contributed by atoms with Gasteiger partial charge in [0.2, 0.25) is 0 Å². The van der Waals surface area contributed by atoms with Gasteiger partial charge in [0, 0.05) is 5.38 Å². The third-order valence-electron chi connectivity index (χ3n) is 1.70. The second-order valence-electron chi connectivity index (χ2n) is 3.06. The lowest BCUT2D eigenvalue weighted by Crippen LogP contribution is -2.43. The van der Waals surface area contributed by atoms with E-state index in [9.17, 15) is 22.8 Å². The van der Waals surface area contributed by atoms with Gasteiger partial charge in [0.05, 0.1) is 11.9 Å². The number of thiazole rings is 1. The Labute approximate surface area is 97.3 Å². The van der Waals surface area contributed by atoms with Crippen molar-refractivity contribution in [1.29, 1.82) is 0 Å². The van der Waals surface area contributed by atoms with Gasteiger partial charge in [-0.25, -0.2) is 9.78 Å². The second-order valence-corrected chi connectivity index (χ2v) is 3.78. The molecule has 0 saturated carbocycles. The molecule has 2 N–H and O–H groups in total. The first-order valence-corrected chi connectivity index (χ1v) is 5.22. The summed E-state index contributed by atoms with van der Waals surface area (Å²) in [6.07, 6.45) is -6.30. The third kappa shape index (κ3) is 4.39. The van der Waals surface area contributed by atoms with Crippen LogP contribution in [0.25, 0.3) is 0 Å². The summed E-state index contributed by atoms with van der Waals surface area (Å²) in [5.74, 6) is -2.69. The summed E-state index contributed by atoms with van der Waals surface area (Å²) in [4.78, 5) is 25.4. The molecular formula is C8H7F3N2O3S. The number of alkyl halides is 3. The van der Waals surface area contributed by atoms with Gasteiger partial charge in [0.25, 0.3) is 5.91 Å². The molecule has 0 saturated heterocycles.